The number of halogens is 6. The Kier molecular flexibility index (Phi) is 6.30. The molecule has 1 aliphatic rings. The molecule has 15 heteroatoms. The first-order valence-corrected chi connectivity index (χ1v) is 10.3. The average Bonchev–Trinajstić information content (AvgIpc) is 3.37. The molecule has 170 valence electrons. The van der Waals surface area contributed by atoms with Gasteiger partial charge in [0.2, 0.25) is 5.91 Å². The summed E-state index contributed by atoms with van der Waals surface area (Å²) in [6.45, 7) is 0.121. The van der Waals surface area contributed by atoms with E-state index < -0.39 is 49.1 Å². The Labute approximate surface area is 178 Å². The van der Waals surface area contributed by atoms with E-state index in [9.17, 15) is 35.9 Å². The van der Waals surface area contributed by atoms with Gasteiger partial charge in [0.1, 0.15) is 11.0 Å². The summed E-state index contributed by atoms with van der Waals surface area (Å²) < 4.78 is 77.5. The minimum atomic E-state index is -5.42. The van der Waals surface area contributed by atoms with Gasteiger partial charge in [-0.2, -0.15) is 26.3 Å². The van der Waals surface area contributed by atoms with Crippen LogP contribution < -0.4 is 5.32 Å². The highest BCUT2D eigenvalue weighted by molar-refractivity contribution is 7.17. The molecular formula is C16H14F6N4O3S2. The largest absolute Gasteiger partial charge is 0.471 e. The minimum absolute atomic E-state index is 0.0618. The quantitative estimate of drug-likeness (QED) is 0.644. The predicted octanol–water partition coefficient (Wildman–Crippen LogP) is 3.35. The van der Waals surface area contributed by atoms with Gasteiger partial charge < -0.3 is 15.3 Å². The number of aliphatic hydroxyl groups excluding tert-OH is 1. The van der Waals surface area contributed by atoms with Gasteiger partial charge >= 0.3 is 18.3 Å². The Morgan fingerprint density at radius 3 is 2.48 bits per heavy atom. The highest BCUT2D eigenvalue weighted by atomic mass is 32.1. The van der Waals surface area contributed by atoms with Gasteiger partial charge in [0.15, 0.2) is 5.13 Å². The van der Waals surface area contributed by atoms with Gasteiger partial charge in [-0.1, -0.05) is 0 Å². The molecule has 1 saturated heterocycles. The van der Waals surface area contributed by atoms with E-state index in [1.807, 2.05) is 0 Å². The highest BCUT2D eigenvalue weighted by Gasteiger charge is 2.55. The van der Waals surface area contributed by atoms with E-state index in [0.29, 0.717) is 21.3 Å². The number of anilines is 1. The van der Waals surface area contributed by atoms with Crippen molar-refractivity contribution in [2.24, 2.45) is 5.92 Å². The maximum atomic E-state index is 13.0. The first-order valence-electron chi connectivity index (χ1n) is 8.59. The lowest BCUT2D eigenvalue weighted by Gasteiger charge is -2.24. The van der Waals surface area contributed by atoms with E-state index in [2.05, 4.69) is 15.3 Å². The number of alkyl halides is 6. The Morgan fingerprint density at radius 1 is 1.26 bits per heavy atom. The number of hydrogen-bond acceptors (Lipinski definition) is 7. The molecule has 0 radical (unpaired) electrons. The number of rotatable bonds is 4. The van der Waals surface area contributed by atoms with Crippen molar-refractivity contribution in [2.45, 2.75) is 38.3 Å². The molecule has 2 N–H and O–H groups in total. The molecule has 1 aliphatic heterocycles. The third-order valence-electron chi connectivity index (χ3n) is 4.51. The lowest BCUT2D eigenvalue weighted by atomic mass is 10.1. The third-order valence-corrected chi connectivity index (χ3v) is 6.44. The average molecular weight is 488 g/mol. The number of hydrogen-bond donors (Lipinski definition) is 2. The van der Waals surface area contributed by atoms with Crippen molar-refractivity contribution in [1.82, 2.24) is 14.9 Å². The molecule has 2 aromatic rings. The standard InChI is InChI=1S/C16H14F6N4O3S2/c1-6-11(31-10(4-27)23-6)8-5-30-14(24-8)25-12(28)9-2-7(15(17,18)19)3-26(9)13(29)16(20,21)22/h5,7,9,27H,2-4H2,1H3,(H,24,25,28)/t7-,9?/m0/s1. The molecule has 0 aliphatic carbocycles. The Bertz CT molecular complexity index is 987. The molecule has 2 aromatic heterocycles. The molecule has 1 fully saturated rings. The fraction of sp³-hybridized carbons (Fsp3) is 0.500. The molecule has 1 unspecified atom stereocenters. The number of aromatic nitrogens is 2. The van der Waals surface area contributed by atoms with Gasteiger partial charge in [-0.25, -0.2) is 9.97 Å². The molecule has 2 atom stereocenters. The number of nitrogens with one attached hydrogen (secondary N) is 1. The molecule has 3 heterocycles. The van der Waals surface area contributed by atoms with E-state index in [1.54, 1.807) is 6.92 Å². The van der Waals surface area contributed by atoms with Crippen LogP contribution in [0.4, 0.5) is 31.5 Å². The highest BCUT2D eigenvalue weighted by Crippen LogP contribution is 2.39. The lowest BCUT2D eigenvalue weighted by Crippen LogP contribution is -2.48. The lowest BCUT2D eigenvalue weighted by molar-refractivity contribution is -0.189. The van der Waals surface area contributed by atoms with Crippen LogP contribution in [-0.4, -0.2) is 56.7 Å². The zero-order valence-electron chi connectivity index (χ0n) is 15.5. The smallest absolute Gasteiger partial charge is 0.389 e. The summed E-state index contributed by atoms with van der Waals surface area (Å²) >= 11 is 2.05. The van der Waals surface area contributed by atoms with Crippen LogP contribution in [0.25, 0.3) is 10.6 Å². The second kappa shape index (κ2) is 8.35. The van der Waals surface area contributed by atoms with Crippen molar-refractivity contribution in [3.63, 3.8) is 0 Å². The van der Waals surface area contributed by atoms with E-state index >= 15 is 0 Å². The van der Waals surface area contributed by atoms with Crippen molar-refractivity contribution in [3.8, 4) is 10.6 Å². The molecule has 0 aromatic carbocycles. The molecule has 0 saturated carbocycles. The number of aliphatic hydroxyl groups is 1. The number of thiazole rings is 2. The SMILES string of the molecule is Cc1nc(CO)sc1-c1csc(NC(=O)C2C[C@H](C(F)(F)F)CN2C(=O)C(F)(F)F)n1. The van der Waals surface area contributed by atoms with Crippen LogP contribution in [-0.2, 0) is 16.2 Å². The molecule has 2 amide bonds. The van der Waals surface area contributed by atoms with Crippen molar-refractivity contribution in [1.29, 1.82) is 0 Å². The van der Waals surface area contributed by atoms with Gasteiger partial charge in [-0.05, 0) is 13.3 Å². The normalized spacial score (nSPS) is 19.7. The van der Waals surface area contributed by atoms with Crippen LogP contribution in [0.2, 0.25) is 0 Å². The maximum absolute atomic E-state index is 13.0. The van der Waals surface area contributed by atoms with Crippen LogP contribution in [0.1, 0.15) is 17.1 Å². The summed E-state index contributed by atoms with van der Waals surface area (Å²) in [5, 5.41) is 13.2. The first-order chi connectivity index (χ1) is 14.3. The van der Waals surface area contributed by atoms with Crippen LogP contribution in [0, 0.1) is 12.8 Å². The third kappa shape index (κ3) is 4.98. The van der Waals surface area contributed by atoms with Crippen LogP contribution >= 0.6 is 22.7 Å². The molecular weight excluding hydrogens is 474 g/mol. The molecule has 0 bridgehead atoms. The van der Waals surface area contributed by atoms with Crippen molar-refractivity contribution in [2.75, 3.05) is 11.9 Å². The summed E-state index contributed by atoms with van der Waals surface area (Å²) in [5.74, 6) is -5.95. The first kappa shape index (κ1) is 23.4. The molecule has 0 spiro atoms. The number of aryl methyl sites for hydroxylation is 1. The van der Waals surface area contributed by atoms with E-state index in [4.69, 9.17) is 5.11 Å². The van der Waals surface area contributed by atoms with E-state index in [0.717, 1.165) is 22.7 Å². The van der Waals surface area contributed by atoms with Crippen molar-refractivity contribution < 1.29 is 41.0 Å². The number of carbonyl (C=O) groups excluding carboxylic acids is 2. The predicted molar refractivity (Wildman–Crippen MR) is 98.2 cm³/mol. The van der Waals surface area contributed by atoms with Gasteiger partial charge in [-0.3, -0.25) is 9.59 Å². The topological polar surface area (TPSA) is 95.4 Å². The van der Waals surface area contributed by atoms with Crippen molar-refractivity contribution >= 4 is 39.6 Å². The van der Waals surface area contributed by atoms with Gasteiger partial charge in [0.05, 0.1) is 28.8 Å². The summed E-state index contributed by atoms with van der Waals surface area (Å²) in [5.41, 5.74) is 0.931. The molecule has 31 heavy (non-hydrogen) atoms. The zero-order chi connectivity index (χ0) is 23.1. The Morgan fingerprint density at radius 2 is 1.94 bits per heavy atom. The summed E-state index contributed by atoms with van der Waals surface area (Å²) in [7, 11) is 0. The summed E-state index contributed by atoms with van der Waals surface area (Å²) in [4.78, 5) is 32.8. The van der Waals surface area contributed by atoms with E-state index in [-0.39, 0.29) is 16.6 Å². The number of nitrogens with zero attached hydrogens (tertiary/aromatic N) is 3. The molecule has 7 nitrogen and oxygen atoms in total. The van der Waals surface area contributed by atoms with Crippen molar-refractivity contribution in [3.05, 3.63) is 16.1 Å². The number of likely N-dealkylation sites (tertiary alicyclic amines) is 1. The summed E-state index contributed by atoms with van der Waals surface area (Å²) in [6.07, 6.45) is -11.3. The second-order valence-corrected chi connectivity index (χ2v) is 8.59. The minimum Gasteiger partial charge on any atom is -0.389 e. The van der Waals surface area contributed by atoms with Gasteiger partial charge in [0, 0.05) is 11.9 Å². The summed E-state index contributed by atoms with van der Waals surface area (Å²) in [6, 6.07) is -1.95. The van der Waals surface area contributed by atoms with Crippen LogP contribution in [0.3, 0.4) is 0 Å². The van der Waals surface area contributed by atoms with Gasteiger partial charge in [-0.15, -0.1) is 22.7 Å². The van der Waals surface area contributed by atoms with Crippen LogP contribution in [0.15, 0.2) is 5.38 Å². The number of carbonyl (C=O) groups is 2. The van der Waals surface area contributed by atoms with E-state index in [1.165, 1.54) is 5.38 Å². The Hall–Kier alpha value is -2.26. The maximum Gasteiger partial charge on any atom is 0.471 e. The van der Waals surface area contributed by atoms with Gasteiger partial charge in [0.25, 0.3) is 0 Å². The number of amides is 2. The second-order valence-electron chi connectivity index (χ2n) is 6.65. The Balaban J connectivity index is 1.80. The monoisotopic (exact) mass is 488 g/mol. The fourth-order valence-electron chi connectivity index (χ4n) is 3.09. The zero-order valence-corrected chi connectivity index (χ0v) is 17.2. The molecule has 3 rings (SSSR count). The fourth-order valence-corrected chi connectivity index (χ4v) is 4.75. The van der Waals surface area contributed by atoms with Crippen LogP contribution in [0.5, 0.6) is 0 Å².